The van der Waals surface area contributed by atoms with Crippen LogP contribution in [-0.4, -0.2) is 42.1 Å². The van der Waals surface area contributed by atoms with E-state index in [2.05, 4.69) is 5.32 Å². The zero-order valence-corrected chi connectivity index (χ0v) is 13.3. The molecule has 0 heterocycles. The monoisotopic (exact) mass is 312 g/mol. The van der Waals surface area contributed by atoms with Gasteiger partial charge in [-0.05, 0) is 11.6 Å². The van der Waals surface area contributed by atoms with Gasteiger partial charge in [-0.2, -0.15) is 0 Å². The zero-order chi connectivity index (χ0) is 16.0. The number of nitrogens with one attached hydrogen (secondary N) is 1. The fourth-order valence-corrected chi connectivity index (χ4v) is 2.29. The Kier molecular flexibility index (Phi) is 6.03. The average Bonchev–Trinajstić information content (AvgIpc) is 2.42. The highest BCUT2D eigenvalue weighted by Crippen LogP contribution is 2.28. The van der Waals surface area contributed by atoms with Gasteiger partial charge in [-0.3, -0.25) is 4.79 Å². The van der Waals surface area contributed by atoms with Crippen LogP contribution < -0.4 is 5.32 Å². The van der Waals surface area contributed by atoms with Crippen molar-refractivity contribution in [2.45, 2.75) is 25.7 Å². The highest BCUT2D eigenvalue weighted by molar-refractivity contribution is 6.31. The van der Waals surface area contributed by atoms with Crippen LogP contribution in [0.2, 0.25) is 5.02 Å². The third kappa shape index (κ3) is 5.27. The molecule has 21 heavy (non-hydrogen) atoms. The van der Waals surface area contributed by atoms with E-state index < -0.39 is 5.97 Å². The van der Waals surface area contributed by atoms with Gasteiger partial charge >= 0.3 is 12.0 Å². The van der Waals surface area contributed by atoms with Crippen LogP contribution in [0.4, 0.5) is 4.79 Å². The summed E-state index contributed by atoms with van der Waals surface area (Å²) in [7, 11) is 1.57. The summed E-state index contributed by atoms with van der Waals surface area (Å²) in [5.74, 6) is -0.925. The maximum atomic E-state index is 11.9. The second kappa shape index (κ2) is 7.31. The summed E-state index contributed by atoms with van der Waals surface area (Å²) < 4.78 is 0. The highest BCUT2D eigenvalue weighted by Gasteiger charge is 2.24. The minimum Gasteiger partial charge on any atom is -0.481 e. The molecule has 1 aromatic carbocycles. The number of rotatable bonds is 6. The standard InChI is InChI=1S/C15H21ClN2O3/c1-15(2,11-6-4-5-7-12(11)16)10-17-14(21)18(3)9-8-13(19)20/h4-7H,8-10H2,1-3H3,(H,17,21)(H,19,20). The fraction of sp³-hybridized carbons (Fsp3) is 0.467. The lowest BCUT2D eigenvalue weighted by molar-refractivity contribution is -0.137. The maximum absolute atomic E-state index is 11.9. The summed E-state index contributed by atoms with van der Waals surface area (Å²) in [5, 5.41) is 12.1. The second-order valence-electron chi connectivity index (χ2n) is 5.59. The number of halogens is 1. The molecule has 0 spiro atoms. The molecular weight excluding hydrogens is 292 g/mol. The largest absolute Gasteiger partial charge is 0.481 e. The van der Waals surface area contributed by atoms with Gasteiger partial charge in [0.25, 0.3) is 0 Å². The van der Waals surface area contributed by atoms with Gasteiger partial charge in [0.15, 0.2) is 0 Å². The van der Waals surface area contributed by atoms with Gasteiger partial charge in [0.1, 0.15) is 0 Å². The molecule has 0 saturated carbocycles. The van der Waals surface area contributed by atoms with Crippen LogP contribution in [0.1, 0.15) is 25.8 Å². The van der Waals surface area contributed by atoms with Crippen molar-refractivity contribution in [2.24, 2.45) is 0 Å². The van der Waals surface area contributed by atoms with Gasteiger partial charge in [0.2, 0.25) is 0 Å². The van der Waals surface area contributed by atoms with Gasteiger partial charge in [-0.15, -0.1) is 0 Å². The van der Waals surface area contributed by atoms with E-state index in [0.29, 0.717) is 11.6 Å². The van der Waals surface area contributed by atoms with Gasteiger partial charge in [-0.1, -0.05) is 43.6 Å². The molecule has 2 amide bonds. The lowest BCUT2D eigenvalue weighted by Crippen LogP contribution is -2.43. The summed E-state index contributed by atoms with van der Waals surface area (Å²) in [5.41, 5.74) is 0.641. The lowest BCUT2D eigenvalue weighted by atomic mass is 9.84. The minimum atomic E-state index is -0.925. The lowest BCUT2D eigenvalue weighted by Gasteiger charge is -2.28. The Morgan fingerprint density at radius 3 is 2.52 bits per heavy atom. The van der Waals surface area contributed by atoms with Crippen LogP contribution in [0.25, 0.3) is 0 Å². The molecule has 0 saturated heterocycles. The summed E-state index contributed by atoms with van der Waals surface area (Å²) in [6.07, 6.45) is -0.0716. The van der Waals surface area contributed by atoms with Crippen molar-refractivity contribution in [3.8, 4) is 0 Å². The van der Waals surface area contributed by atoms with E-state index in [9.17, 15) is 9.59 Å². The van der Waals surface area contributed by atoms with Crippen LogP contribution in [0.3, 0.4) is 0 Å². The molecule has 0 aliphatic heterocycles. The minimum absolute atomic E-state index is 0.0716. The summed E-state index contributed by atoms with van der Waals surface area (Å²) >= 11 is 6.18. The van der Waals surface area contributed by atoms with E-state index in [0.717, 1.165) is 5.56 Å². The second-order valence-corrected chi connectivity index (χ2v) is 5.99. The normalized spacial score (nSPS) is 11.0. The Labute approximate surface area is 129 Å². The number of carbonyl (C=O) groups is 2. The predicted octanol–water partition coefficient (Wildman–Crippen LogP) is 2.73. The molecule has 0 bridgehead atoms. The van der Waals surface area contributed by atoms with Gasteiger partial charge in [0, 0.05) is 30.6 Å². The highest BCUT2D eigenvalue weighted by atomic mass is 35.5. The first-order chi connectivity index (χ1) is 9.74. The Balaban J connectivity index is 2.59. The average molecular weight is 313 g/mol. The van der Waals surface area contributed by atoms with E-state index in [1.54, 1.807) is 7.05 Å². The molecule has 116 valence electrons. The molecule has 1 rings (SSSR count). The molecule has 5 nitrogen and oxygen atoms in total. The number of amides is 2. The number of carboxylic acids is 1. The fourth-order valence-electron chi connectivity index (χ4n) is 1.90. The van der Waals surface area contributed by atoms with Crippen molar-refractivity contribution in [3.05, 3.63) is 34.9 Å². The Morgan fingerprint density at radius 1 is 1.33 bits per heavy atom. The van der Waals surface area contributed by atoms with Crippen molar-refractivity contribution >= 4 is 23.6 Å². The molecule has 0 aromatic heterocycles. The van der Waals surface area contributed by atoms with E-state index in [1.165, 1.54) is 4.90 Å². The quantitative estimate of drug-likeness (QED) is 0.848. The maximum Gasteiger partial charge on any atom is 0.317 e. The molecule has 0 aliphatic carbocycles. The topological polar surface area (TPSA) is 69.6 Å². The van der Waals surface area contributed by atoms with Crippen LogP contribution in [0.15, 0.2) is 24.3 Å². The number of benzene rings is 1. The van der Waals surface area contributed by atoms with Crippen LogP contribution in [0.5, 0.6) is 0 Å². The summed E-state index contributed by atoms with van der Waals surface area (Å²) in [4.78, 5) is 23.8. The van der Waals surface area contributed by atoms with E-state index in [1.807, 2.05) is 38.1 Å². The molecule has 2 N–H and O–H groups in total. The number of nitrogens with zero attached hydrogens (tertiary/aromatic N) is 1. The van der Waals surface area contributed by atoms with Gasteiger partial charge < -0.3 is 15.3 Å². The van der Waals surface area contributed by atoms with Crippen molar-refractivity contribution < 1.29 is 14.7 Å². The third-order valence-electron chi connectivity index (χ3n) is 3.29. The molecule has 0 radical (unpaired) electrons. The molecule has 6 heteroatoms. The predicted molar refractivity (Wildman–Crippen MR) is 82.8 cm³/mol. The van der Waals surface area contributed by atoms with Crippen molar-refractivity contribution in [2.75, 3.05) is 20.1 Å². The number of urea groups is 1. The molecule has 0 fully saturated rings. The van der Waals surface area contributed by atoms with Crippen molar-refractivity contribution in [1.29, 1.82) is 0 Å². The van der Waals surface area contributed by atoms with Gasteiger partial charge in [0.05, 0.1) is 6.42 Å². The molecule has 0 aliphatic rings. The summed E-state index contributed by atoms with van der Waals surface area (Å²) in [6.45, 7) is 4.57. The molecular formula is C15H21ClN2O3. The van der Waals surface area contributed by atoms with Crippen LogP contribution in [-0.2, 0) is 10.2 Å². The SMILES string of the molecule is CN(CCC(=O)O)C(=O)NCC(C)(C)c1ccccc1Cl. The number of carbonyl (C=O) groups excluding carboxylic acids is 1. The van der Waals surface area contributed by atoms with E-state index in [4.69, 9.17) is 16.7 Å². The first-order valence-corrected chi connectivity index (χ1v) is 7.07. The molecule has 0 unspecified atom stereocenters. The first kappa shape index (κ1) is 17.3. The Hall–Kier alpha value is -1.75. The number of aliphatic carboxylic acids is 1. The zero-order valence-electron chi connectivity index (χ0n) is 12.5. The Bertz CT molecular complexity index is 517. The first-order valence-electron chi connectivity index (χ1n) is 6.70. The van der Waals surface area contributed by atoms with E-state index in [-0.39, 0.29) is 24.4 Å². The Morgan fingerprint density at radius 2 is 1.95 bits per heavy atom. The molecule has 0 atom stereocenters. The van der Waals surface area contributed by atoms with Crippen molar-refractivity contribution in [1.82, 2.24) is 10.2 Å². The number of hydrogen-bond donors (Lipinski definition) is 2. The number of hydrogen-bond acceptors (Lipinski definition) is 2. The van der Waals surface area contributed by atoms with Crippen LogP contribution >= 0.6 is 11.6 Å². The molecule has 1 aromatic rings. The van der Waals surface area contributed by atoms with E-state index >= 15 is 0 Å². The van der Waals surface area contributed by atoms with Crippen molar-refractivity contribution in [3.63, 3.8) is 0 Å². The number of carboxylic acid groups (broad SMARTS) is 1. The summed E-state index contributed by atoms with van der Waals surface area (Å²) in [6, 6.07) is 7.22. The third-order valence-corrected chi connectivity index (χ3v) is 3.62. The smallest absolute Gasteiger partial charge is 0.317 e. The van der Waals surface area contributed by atoms with Crippen LogP contribution in [0, 0.1) is 0 Å². The van der Waals surface area contributed by atoms with Gasteiger partial charge in [-0.25, -0.2) is 4.79 Å².